The molecule has 0 bridgehead atoms. The maximum Gasteiger partial charge on any atom is 0.302 e. The second-order valence-corrected chi connectivity index (χ2v) is 6.56. The molecule has 0 spiro atoms. The Kier molecular flexibility index (Phi) is 6.20. The molecule has 1 amide bonds. The molecule has 0 saturated carbocycles. The summed E-state index contributed by atoms with van der Waals surface area (Å²) in [6.07, 6.45) is 1.58. The van der Waals surface area contributed by atoms with Crippen molar-refractivity contribution in [3.8, 4) is 0 Å². The van der Waals surface area contributed by atoms with Crippen LogP contribution in [0.15, 0.2) is 44.9 Å². The molecule has 0 aliphatic carbocycles. The quantitative estimate of drug-likeness (QED) is 0.349. The van der Waals surface area contributed by atoms with Crippen molar-refractivity contribution in [2.75, 3.05) is 24.8 Å². The van der Waals surface area contributed by atoms with E-state index in [1.807, 2.05) is 19.1 Å². The molecule has 10 heteroatoms. The van der Waals surface area contributed by atoms with Gasteiger partial charge in [-0.25, -0.2) is 4.98 Å². The minimum Gasteiger partial charge on any atom is -0.378 e. The standard InChI is InChI=1S/C17H19N5O4S/c1-3-22-16(24)12-6-4-5-7-13(12)18-17(22)27-11-14(23)19-15-10-21(20-26-15)8-9-25-2/h4-7,10H,3,8-9,11H2,1-2H3/p+1. The molecule has 2 aromatic heterocycles. The lowest BCUT2D eigenvalue weighted by atomic mass is 10.2. The molecule has 0 aliphatic heterocycles. The van der Waals surface area contributed by atoms with Crippen LogP contribution in [0.4, 0.5) is 5.88 Å². The molecular formula is C17H20N5O4S+. The van der Waals surface area contributed by atoms with Crippen molar-refractivity contribution >= 4 is 34.5 Å². The summed E-state index contributed by atoms with van der Waals surface area (Å²) in [6.45, 7) is 3.36. The Morgan fingerprint density at radius 1 is 1.41 bits per heavy atom. The predicted octanol–water partition coefficient (Wildman–Crippen LogP) is 1.07. The Balaban J connectivity index is 1.68. The number of fused-ring (bicyclic) bond motifs is 1. The summed E-state index contributed by atoms with van der Waals surface area (Å²) in [5.74, 6) is 0.0555. The number of para-hydroxylation sites is 1. The Morgan fingerprint density at radius 3 is 3.00 bits per heavy atom. The van der Waals surface area contributed by atoms with Crippen LogP contribution in [-0.2, 0) is 22.6 Å². The normalized spacial score (nSPS) is 11.0. The number of nitrogens with one attached hydrogen (secondary N) is 1. The van der Waals surface area contributed by atoms with Gasteiger partial charge in [0.25, 0.3) is 11.8 Å². The van der Waals surface area contributed by atoms with Gasteiger partial charge in [-0.2, -0.15) is 0 Å². The molecule has 2 heterocycles. The Bertz CT molecular complexity index is 1000. The lowest BCUT2D eigenvalue weighted by Crippen LogP contribution is -2.36. The number of anilines is 1. The summed E-state index contributed by atoms with van der Waals surface area (Å²) in [5, 5.41) is 7.48. The summed E-state index contributed by atoms with van der Waals surface area (Å²) in [6, 6.07) is 7.17. The largest absolute Gasteiger partial charge is 0.378 e. The second kappa shape index (κ2) is 8.78. The zero-order chi connectivity index (χ0) is 19.2. The molecule has 0 aliphatic rings. The maximum absolute atomic E-state index is 12.6. The van der Waals surface area contributed by atoms with E-state index in [4.69, 9.17) is 9.26 Å². The van der Waals surface area contributed by atoms with Gasteiger partial charge >= 0.3 is 5.88 Å². The highest BCUT2D eigenvalue weighted by Crippen LogP contribution is 2.18. The van der Waals surface area contributed by atoms with Crippen LogP contribution >= 0.6 is 11.8 Å². The molecule has 3 rings (SSSR count). The van der Waals surface area contributed by atoms with Gasteiger partial charge in [-0.3, -0.25) is 24.0 Å². The average Bonchev–Trinajstić information content (AvgIpc) is 3.12. The smallest absolute Gasteiger partial charge is 0.302 e. The first-order valence-electron chi connectivity index (χ1n) is 8.40. The van der Waals surface area contributed by atoms with Crippen molar-refractivity contribution in [1.29, 1.82) is 0 Å². The third kappa shape index (κ3) is 4.52. The highest BCUT2D eigenvalue weighted by atomic mass is 32.2. The van der Waals surface area contributed by atoms with Crippen molar-refractivity contribution < 1.29 is 18.7 Å². The molecule has 0 unspecified atom stereocenters. The molecular weight excluding hydrogens is 370 g/mol. The summed E-state index contributed by atoms with van der Waals surface area (Å²) in [7, 11) is 1.59. The van der Waals surface area contributed by atoms with Gasteiger partial charge < -0.3 is 4.74 Å². The molecule has 9 nitrogen and oxygen atoms in total. The zero-order valence-electron chi connectivity index (χ0n) is 15.0. The molecule has 0 atom stereocenters. The Morgan fingerprint density at radius 2 is 2.22 bits per heavy atom. The van der Waals surface area contributed by atoms with E-state index >= 15 is 0 Å². The number of carbonyl (C=O) groups excluding carboxylic acids is 1. The molecule has 0 fully saturated rings. The van der Waals surface area contributed by atoms with Gasteiger partial charge in [-0.15, -0.1) is 0 Å². The number of rotatable bonds is 8. The van der Waals surface area contributed by atoms with E-state index in [0.717, 1.165) is 0 Å². The first-order chi connectivity index (χ1) is 13.1. The lowest BCUT2D eigenvalue weighted by molar-refractivity contribution is -0.763. The highest BCUT2D eigenvalue weighted by molar-refractivity contribution is 7.99. The first-order valence-corrected chi connectivity index (χ1v) is 9.38. The third-order valence-corrected chi connectivity index (χ3v) is 4.75. The SMILES string of the molecule is CCn1c(SCC(=O)Nc2c[n+](CCOC)no2)nc2ccccc2c1=O. The molecule has 1 aromatic carbocycles. The lowest BCUT2D eigenvalue weighted by Gasteiger charge is -2.10. The molecule has 1 N–H and O–H groups in total. The number of nitrogens with zero attached hydrogens (tertiary/aromatic N) is 4. The van der Waals surface area contributed by atoms with Crippen LogP contribution in [0.3, 0.4) is 0 Å². The van der Waals surface area contributed by atoms with E-state index in [-0.39, 0.29) is 23.1 Å². The fraction of sp³-hybridized carbons (Fsp3) is 0.353. The van der Waals surface area contributed by atoms with Gasteiger partial charge in [0, 0.05) is 13.7 Å². The summed E-state index contributed by atoms with van der Waals surface area (Å²) < 4.78 is 13.1. The number of amides is 1. The van der Waals surface area contributed by atoms with Gasteiger partial charge in [0.1, 0.15) is 6.61 Å². The highest BCUT2D eigenvalue weighted by Gasteiger charge is 2.16. The van der Waals surface area contributed by atoms with Crippen LogP contribution in [0.25, 0.3) is 10.9 Å². The molecule has 27 heavy (non-hydrogen) atoms. The van der Waals surface area contributed by atoms with Crippen LogP contribution in [-0.4, -0.2) is 40.2 Å². The van der Waals surface area contributed by atoms with Crippen LogP contribution in [0.5, 0.6) is 0 Å². The number of carbonyl (C=O) groups is 1. The number of benzene rings is 1. The number of ether oxygens (including phenoxy) is 1. The minimum atomic E-state index is -0.278. The van der Waals surface area contributed by atoms with E-state index in [2.05, 4.69) is 15.6 Å². The minimum absolute atomic E-state index is 0.0869. The van der Waals surface area contributed by atoms with Crippen LogP contribution in [0, 0.1) is 0 Å². The van der Waals surface area contributed by atoms with Gasteiger partial charge in [0.05, 0.1) is 16.7 Å². The Hall–Kier alpha value is -2.72. The molecule has 0 saturated heterocycles. The fourth-order valence-electron chi connectivity index (χ4n) is 2.46. The first kappa shape index (κ1) is 19.1. The Labute approximate surface area is 159 Å². The van der Waals surface area contributed by atoms with E-state index in [1.54, 1.807) is 30.0 Å². The average molecular weight is 390 g/mol. The van der Waals surface area contributed by atoms with Crippen molar-refractivity contribution in [3.05, 3.63) is 40.8 Å². The van der Waals surface area contributed by atoms with E-state index < -0.39 is 0 Å². The van der Waals surface area contributed by atoms with Crippen molar-refractivity contribution in [1.82, 2.24) is 14.8 Å². The van der Waals surface area contributed by atoms with Gasteiger partial charge in [-0.05, 0) is 23.7 Å². The van der Waals surface area contributed by atoms with Crippen LogP contribution in [0.2, 0.25) is 0 Å². The molecule has 0 radical (unpaired) electrons. The number of thioether (sulfide) groups is 1. The van der Waals surface area contributed by atoms with Gasteiger partial charge in [0.15, 0.2) is 5.16 Å². The predicted molar refractivity (Wildman–Crippen MR) is 99.6 cm³/mol. The van der Waals surface area contributed by atoms with E-state index in [0.29, 0.717) is 35.8 Å². The number of methoxy groups -OCH3 is 1. The summed E-state index contributed by atoms with van der Waals surface area (Å²) in [5.41, 5.74) is 0.505. The monoisotopic (exact) mass is 390 g/mol. The summed E-state index contributed by atoms with van der Waals surface area (Å²) in [4.78, 5) is 29.3. The van der Waals surface area contributed by atoms with Crippen molar-refractivity contribution in [3.63, 3.8) is 0 Å². The maximum atomic E-state index is 12.6. The van der Waals surface area contributed by atoms with Crippen molar-refractivity contribution in [2.24, 2.45) is 0 Å². The third-order valence-electron chi connectivity index (χ3n) is 3.77. The zero-order valence-corrected chi connectivity index (χ0v) is 15.9. The number of aromatic nitrogens is 4. The van der Waals surface area contributed by atoms with Crippen LogP contribution in [0.1, 0.15) is 6.92 Å². The summed E-state index contributed by atoms with van der Waals surface area (Å²) >= 11 is 1.20. The van der Waals surface area contributed by atoms with E-state index in [1.165, 1.54) is 16.4 Å². The van der Waals surface area contributed by atoms with Crippen molar-refractivity contribution in [2.45, 2.75) is 25.2 Å². The number of hydrogen-bond acceptors (Lipinski definition) is 7. The second-order valence-electron chi connectivity index (χ2n) is 5.62. The number of hydrogen-bond donors (Lipinski definition) is 1. The van der Waals surface area contributed by atoms with E-state index in [9.17, 15) is 9.59 Å². The topological polar surface area (TPSA) is 103 Å². The molecule has 3 aromatic rings. The van der Waals surface area contributed by atoms with Gasteiger partial charge in [0.2, 0.25) is 17.7 Å². The van der Waals surface area contributed by atoms with Crippen LogP contribution < -0.4 is 15.6 Å². The fourth-order valence-corrected chi connectivity index (χ4v) is 3.33. The molecule has 142 valence electrons. The van der Waals surface area contributed by atoms with Gasteiger partial charge in [-0.1, -0.05) is 23.9 Å².